The third-order valence-corrected chi connectivity index (χ3v) is 6.13. The van der Waals surface area contributed by atoms with Crippen LogP contribution in [-0.2, 0) is 10.0 Å². The van der Waals surface area contributed by atoms with E-state index < -0.39 is 15.9 Å². The highest BCUT2D eigenvalue weighted by Gasteiger charge is 2.20. The van der Waals surface area contributed by atoms with Gasteiger partial charge < -0.3 is 14.8 Å². The second-order valence-electron chi connectivity index (χ2n) is 7.05. The predicted molar refractivity (Wildman–Crippen MR) is 119 cm³/mol. The molecule has 2 N–H and O–H groups in total. The van der Waals surface area contributed by atoms with Crippen LogP contribution in [0.5, 0.6) is 11.5 Å². The number of rotatable bonds is 6. The van der Waals surface area contributed by atoms with E-state index in [0.29, 0.717) is 30.4 Å². The molecule has 32 heavy (non-hydrogen) atoms. The first-order valence-corrected chi connectivity index (χ1v) is 11.3. The topological polar surface area (TPSA) is 111 Å². The summed E-state index contributed by atoms with van der Waals surface area (Å²) >= 11 is 0. The average molecular weight is 452 g/mol. The number of ether oxygens (including phenoxy) is 2. The van der Waals surface area contributed by atoms with Crippen molar-refractivity contribution in [1.82, 2.24) is 0 Å². The first-order chi connectivity index (χ1) is 15.3. The molecule has 0 saturated carbocycles. The summed E-state index contributed by atoms with van der Waals surface area (Å²) in [6.07, 6.45) is 0. The van der Waals surface area contributed by atoms with Crippen molar-refractivity contribution in [2.24, 2.45) is 0 Å². The first kappa shape index (κ1) is 21.4. The van der Waals surface area contributed by atoms with Gasteiger partial charge in [-0.15, -0.1) is 0 Å². The molecule has 1 aliphatic rings. The van der Waals surface area contributed by atoms with E-state index in [1.165, 1.54) is 43.3 Å². The number of hydrogen-bond acceptors (Lipinski definition) is 6. The Morgan fingerprint density at radius 2 is 1.62 bits per heavy atom. The molecule has 0 unspecified atom stereocenters. The summed E-state index contributed by atoms with van der Waals surface area (Å²) in [6, 6.07) is 17.0. The highest BCUT2D eigenvalue weighted by molar-refractivity contribution is 7.92. The van der Waals surface area contributed by atoms with Gasteiger partial charge in [-0.1, -0.05) is 24.3 Å². The van der Waals surface area contributed by atoms with E-state index in [-0.39, 0.29) is 27.5 Å². The molecule has 3 aromatic carbocycles. The summed E-state index contributed by atoms with van der Waals surface area (Å²) < 4.78 is 39.2. The van der Waals surface area contributed by atoms with E-state index >= 15 is 0 Å². The molecule has 3 aromatic rings. The van der Waals surface area contributed by atoms with Gasteiger partial charge in [0.25, 0.3) is 15.9 Å². The number of sulfonamides is 1. The lowest BCUT2D eigenvalue weighted by atomic mass is 10.1. The van der Waals surface area contributed by atoms with Crippen molar-refractivity contribution in [1.29, 1.82) is 0 Å². The number of fused-ring (bicyclic) bond motifs is 1. The summed E-state index contributed by atoms with van der Waals surface area (Å²) in [7, 11) is -4.03. The van der Waals surface area contributed by atoms with Gasteiger partial charge in [0.15, 0.2) is 17.3 Å². The van der Waals surface area contributed by atoms with Crippen LogP contribution in [0.3, 0.4) is 0 Å². The number of ketones is 1. The maximum Gasteiger partial charge on any atom is 0.261 e. The Balaban J connectivity index is 1.58. The number of benzene rings is 3. The van der Waals surface area contributed by atoms with E-state index in [4.69, 9.17) is 9.47 Å². The summed E-state index contributed by atoms with van der Waals surface area (Å²) in [5.41, 5.74) is 0.994. The minimum Gasteiger partial charge on any atom is -0.486 e. The van der Waals surface area contributed by atoms with Gasteiger partial charge in [-0.3, -0.25) is 14.3 Å². The normalized spacial score (nSPS) is 12.7. The van der Waals surface area contributed by atoms with Gasteiger partial charge in [0.1, 0.15) is 13.2 Å². The predicted octanol–water partition coefficient (Wildman–Crippen LogP) is 3.71. The smallest absolute Gasteiger partial charge is 0.261 e. The lowest BCUT2D eigenvalue weighted by Gasteiger charge is -2.19. The monoisotopic (exact) mass is 452 g/mol. The number of anilines is 2. The van der Waals surface area contributed by atoms with Crippen molar-refractivity contribution in [2.45, 2.75) is 11.8 Å². The molecule has 4 rings (SSSR count). The molecule has 0 radical (unpaired) electrons. The molecule has 9 heteroatoms. The number of Topliss-reactive ketones (excluding diaryl/α,β-unsaturated/α-hetero) is 1. The lowest BCUT2D eigenvalue weighted by molar-refractivity contribution is 0.101. The van der Waals surface area contributed by atoms with Crippen LogP contribution in [-0.4, -0.2) is 33.3 Å². The Bertz CT molecular complexity index is 1300. The summed E-state index contributed by atoms with van der Waals surface area (Å²) in [4.78, 5) is 24.4. The molecule has 0 spiro atoms. The van der Waals surface area contributed by atoms with Gasteiger partial charge in [0.05, 0.1) is 16.1 Å². The van der Waals surface area contributed by atoms with Crippen LogP contribution in [0, 0.1) is 0 Å². The van der Waals surface area contributed by atoms with Crippen LogP contribution in [0.15, 0.2) is 71.6 Å². The van der Waals surface area contributed by atoms with Crippen molar-refractivity contribution in [2.75, 3.05) is 23.3 Å². The van der Waals surface area contributed by atoms with Gasteiger partial charge in [0.2, 0.25) is 0 Å². The van der Waals surface area contributed by atoms with Gasteiger partial charge in [-0.2, -0.15) is 0 Å². The minimum atomic E-state index is -4.03. The molecule has 8 nitrogen and oxygen atoms in total. The number of carbonyl (C=O) groups excluding carboxylic acids is 2. The molecule has 0 atom stereocenters. The van der Waals surface area contributed by atoms with Crippen LogP contribution in [0.4, 0.5) is 11.4 Å². The van der Waals surface area contributed by atoms with Crippen LogP contribution in [0.2, 0.25) is 0 Å². The van der Waals surface area contributed by atoms with Crippen molar-refractivity contribution in [3.8, 4) is 11.5 Å². The zero-order chi connectivity index (χ0) is 22.7. The maximum absolute atomic E-state index is 12.9. The number of para-hydroxylation sites is 1. The molecule has 0 aromatic heterocycles. The molecule has 0 bridgehead atoms. The second kappa shape index (κ2) is 8.72. The number of carbonyl (C=O) groups is 2. The third kappa shape index (κ3) is 4.57. The van der Waals surface area contributed by atoms with Crippen molar-refractivity contribution in [3.05, 3.63) is 77.9 Å². The fourth-order valence-corrected chi connectivity index (χ4v) is 4.30. The van der Waals surface area contributed by atoms with E-state index in [2.05, 4.69) is 10.0 Å². The second-order valence-corrected chi connectivity index (χ2v) is 8.73. The van der Waals surface area contributed by atoms with Crippen LogP contribution in [0.25, 0.3) is 0 Å². The zero-order valence-electron chi connectivity index (χ0n) is 17.1. The molecule has 164 valence electrons. The Kier molecular flexibility index (Phi) is 5.83. The van der Waals surface area contributed by atoms with E-state index in [1.54, 1.807) is 30.3 Å². The highest BCUT2D eigenvalue weighted by Crippen LogP contribution is 2.33. The molecular weight excluding hydrogens is 432 g/mol. The lowest BCUT2D eigenvalue weighted by Crippen LogP contribution is -2.19. The Labute approximate surface area is 185 Å². The van der Waals surface area contributed by atoms with E-state index in [9.17, 15) is 18.0 Å². The largest absolute Gasteiger partial charge is 0.486 e. The quantitative estimate of drug-likeness (QED) is 0.552. The fourth-order valence-electron chi connectivity index (χ4n) is 3.18. The molecule has 1 heterocycles. The molecular formula is C23H20N2O6S. The van der Waals surface area contributed by atoms with E-state index in [0.717, 1.165) is 0 Å². The van der Waals surface area contributed by atoms with Crippen LogP contribution >= 0.6 is 0 Å². The average Bonchev–Trinajstić information content (AvgIpc) is 2.79. The number of nitrogens with one attached hydrogen (secondary N) is 2. The fraction of sp³-hybridized carbons (Fsp3) is 0.130. The van der Waals surface area contributed by atoms with Crippen molar-refractivity contribution >= 4 is 33.1 Å². The van der Waals surface area contributed by atoms with E-state index in [1.807, 2.05) is 0 Å². The Morgan fingerprint density at radius 1 is 0.875 bits per heavy atom. The van der Waals surface area contributed by atoms with Gasteiger partial charge in [-0.25, -0.2) is 8.42 Å². The number of amides is 1. The first-order valence-electron chi connectivity index (χ1n) is 9.77. The number of hydrogen-bond donors (Lipinski definition) is 2. The molecule has 0 saturated heterocycles. The van der Waals surface area contributed by atoms with Gasteiger partial charge in [0, 0.05) is 17.3 Å². The molecule has 0 fully saturated rings. The molecule has 1 aliphatic heterocycles. The van der Waals surface area contributed by atoms with Crippen LogP contribution < -0.4 is 19.5 Å². The minimum absolute atomic E-state index is 0.0766. The SMILES string of the molecule is CC(=O)c1cccc(S(=O)(=O)Nc2ccccc2C(=O)Nc2ccc3c(c2)OCCO3)c1. The molecule has 0 aliphatic carbocycles. The standard InChI is InChI=1S/C23H20N2O6S/c1-15(26)16-5-4-6-18(13-16)32(28,29)25-20-8-3-2-7-19(20)23(27)24-17-9-10-21-22(14-17)31-12-11-30-21/h2-10,13-14,25H,11-12H2,1H3,(H,24,27). The van der Waals surface area contributed by atoms with Gasteiger partial charge in [-0.05, 0) is 43.3 Å². The highest BCUT2D eigenvalue weighted by atomic mass is 32.2. The van der Waals surface area contributed by atoms with Crippen LogP contribution in [0.1, 0.15) is 27.6 Å². The van der Waals surface area contributed by atoms with Crippen molar-refractivity contribution < 1.29 is 27.5 Å². The molecule has 1 amide bonds. The Hall–Kier alpha value is -3.85. The zero-order valence-corrected chi connectivity index (χ0v) is 17.9. The summed E-state index contributed by atoms with van der Waals surface area (Å²) in [5, 5.41) is 2.74. The Morgan fingerprint density at radius 3 is 2.41 bits per heavy atom. The summed E-state index contributed by atoms with van der Waals surface area (Å²) in [5.74, 6) is 0.363. The maximum atomic E-state index is 12.9. The van der Waals surface area contributed by atoms with Crippen molar-refractivity contribution in [3.63, 3.8) is 0 Å². The summed E-state index contributed by atoms with van der Waals surface area (Å²) in [6.45, 7) is 2.23. The van der Waals surface area contributed by atoms with Gasteiger partial charge >= 0.3 is 0 Å². The third-order valence-electron chi connectivity index (χ3n) is 4.77.